The van der Waals surface area contributed by atoms with Gasteiger partial charge in [0.1, 0.15) is 0 Å². The summed E-state index contributed by atoms with van der Waals surface area (Å²) in [6.45, 7) is 0.894. The van der Waals surface area contributed by atoms with Crippen molar-refractivity contribution in [3.05, 3.63) is 36.0 Å². The fourth-order valence-electron chi connectivity index (χ4n) is 1.88. The van der Waals surface area contributed by atoms with Gasteiger partial charge in [0.25, 0.3) is 0 Å². The summed E-state index contributed by atoms with van der Waals surface area (Å²) in [5.74, 6) is 0. The molecule has 0 spiro atoms. The largest absolute Gasteiger partial charge is 0.350 e. The lowest BCUT2D eigenvalue weighted by Gasteiger charge is -2.11. The Hall–Kier alpha value is -0.990. The Morgan fingerprint density at radius 1 is 1.33 bits per heavy atom. The van der Waals surface area contributed by atoms with Crippen LogP contribution in [0.15, 0.2) is 30.5 Å². The predicted octanol–water partition coefficient (Wildman–Crippen LogP) is 2.81. The standard InChI is InChI=1S/C12H15ClN2/c1-14(9-13)7-10-8-15(2)12-6-4-3-5-11(10)12/h3-6,8H,7,9H2,1-2H3. The van der Waals surface area contributed by atoms with Gasteiger partial charge in [-0.3, -0.25) is 4.90 Å². The Kier molecular flexibility index (Phi) is 2.98. The first-order valence-electron chi connectivity index (χ1n) is 5.00. The number of halogens is 1. The number of hydrogen-bond donors (Lipinski definition) is 0. The highest BCUT2D eigenvalue weighted by Crippen LogP contribution is 2.21. The lowest BCUT2D eigenvalue weighted by atomic mass is 10.2. The zero-order valence-electron chi connectivity index (χ0n) is 9.07. The summed E-state index contributed by atoms with van der Waals surface area (Å²) in [6.07, 6.45) is 2.17. The minimum absolute atomic E-state index is 0.559. The van der Waals surface area contributed by atoms with Gasteiger partial charge < -0.3 is 4.57 Å². The Labute approximate surface area is 95.1 Å². The summed E-state index contributed by atoms with van der Waals surface area (Å²) in [7, 11) is 4.10. The lowest BCUT2D eigenvalue weighted by molar-refractivity contribution is 0.383. The third-order valence-electron chi connectivity index (χ3n) is 2.62. The number of nitrogens with zero attached hydrogens (tertiary/aromatic N) is 2. The molecule has 80 valence electrons. The van der Waals surface area contributed by atoms with Gasteiger partial charge in [-0.05, 0) is 18.7 Å². The van der Waals surface area contributed by atoms with Crippen LogP contribution in [0.25, 0.3) is 10.9 Å². The number of alkyl halides is 1. The van der Waals surface area contributed by atoms with Gasteiger partial charge >= 0.3 is 0 Å². The van der Waals surface area contributed by atoms with Crippen LogP contribution >= 0.6 is 11.6 Å². The van der Waals surface area contributed by atoms with Gasteiger partial charge in [-0.1, -0.05) is 18.2 Å². The Balaban J connectivity index is 2.43. The summed E-state index contributed by atoms with van der Waals surface area (Å²) >= 11 is 5.78. The molecule has 0 N–H and O–H groups in total. The van der Waals surface area contributed by atoms with Crippen LogP contribution < -0.4 is 0 Å². The van der Waals surface area contributed by atoms with E-state index in [0.717, 1.165) is 6.54 Å². The van der Waals surface area contributed by atoms with Gasteiger partial charge in [-0.15, -0.1) is 11.6 Å². The lowest BCUT2D eigenvalue weighted by Crippen LogP contribution is -2.14. The van der Waals surface area contributed by atoms with Gasteiger partial charge in [0.05, 0.1) is 6.00 Å². The molecule has 1 aromatic carbocycles. The molecule has 3 heteroatoms. The number of fused-ring (bicyclic) bond motifs is 1. The molecule has 0 fully saturated rings. The van der Waals surface area contributed by atoms with Crippen LogP contribution in [0.1, 0.15) is 5.56 Å². The summed E-state index contributed by atoms with van der Waals surface area (Å²) in [5, 5.41) is 1.32. The Bertz CT molecular complexity index is 462. The number of aromatic nitrogens is 1. The highest BCUT2D eigenvalue weighted by atomic mass is 35.5. The normalized spacial score (nSPS) is 11.5. The summed E-state index contributed by atoms with van der Waals surface area (Å²) in [4.78, 5) is 2.09. The molecular formula is C12H15ClN2. The highest BCUT2D eigenvalue weighted by Gasteiger charge is 2.07. The van der Waals surface area contributed by atoms with Gasteiger partial charge in [0.15, 0.2) is 0 Å². The third kappa shape index (κ3) is 2.01. The van der Waals surface area contributed by atoms with Crippen molar-refractivity contribution in [1.82, 2.24) is 9.47 Å². The first-order valence-corrected chi connectivity index (χ1v) is 5.53. The third-order valence-corrected chi connectivity index (χ3v) is 3.03. The van der Waals surface area contributed by atoms with Crippen molar-refractivity contribution in [2.24, 2.45) is 7.05 Å². The van der Waals surface area contributed by atoms with Gasteiger partial charge in [-0.2, -0.15) is 0 Å². The van der Waals surface area contributed by atoms with E-state index in [1.807, 2.05) is 7.05 Å². The molecule has 0 radical (unpaired) electrons. The summed E-state index contributed by atoms with van der Waals surface area (Å²) in [6, 6.07) is 9.00. The van der Waals surface area contributed by atoms with E-state index in [4.69, 9.17) is 11.6 Å². The van der Waals surface area contributed by atoms with E-state index in [1.165, 1.54) is 16.5 Å². The summed E-state index contributed by atoms with van der Waals surface area (Å²) < 4.78 is 2.16. The molecule has 0 unspecified atom stereocenters. The van der Waals surface area contributed by atoms with Crippen molar-refractivity contribution in [1.29, 1.82) is 0 Å². The van der Waals surface area contributed by atoms with E-state index in [9.17, 15) is 0 Å². The van der Waals surface area contributed by atoms with Gasteiger partial charge in [-0.25, -0.2) is 0 Å². The van der Waals surface area contributed by atoms with Crippen LogP contribution in [0.5, 0.6) is 0 Å². The van der Waals surface area contributed by atoms with E-state index in [1.54, 1.807) is 0 Å². The maximum Gasteiger partial charge on any atom is 0.0738 e. The molecule has 0 saturated carbocycles. The number of benzene rings is 1. The Morgan fingerprint density at radius 3 is 2.80 bits per heavy atom. The second-order valence-electron chi connectivity index (χ2n) is 3.92. The highest BCUT2D eigenvalue weighted by molar-refractivity contribution is 6.17. The van der Waals surface area contributed by atoms with Gasteiger partial charge in [0, 0.05) is 30.7 Å². The monoisotopic (exact) mass is 222 g/mol. The van der Waals surface area contributed by atoms with E-state index in [-0.39, 0.29) is 0 Å². The van der Waals surface area contributed by atoms with E-state index in [2.05, 4.69) is 47.0 Å². The molecule has 1 aromatic heterocycles. The summed E-state index contributed by atoms with van der Waals surface area (Å²) in [5.41, 5.74) is 2.60. The molecule has 0 aliphatic rings. The number of hydrogen-bond acceptors (Lipinski definition) is 1. The number of para-hydroxylation sites is 1. The van der Waals surface area contributed by atoms with Crippen LogP contribution in [0.4, 0.5) is 0 Å². The Morgan fingerprint density at radius 2 is 2.07 bits per heavy atom. The maximum atomic E-state index is 5.78. The van der Waals surface area contributed by atoms with Crippen LogP contribution in [0.3, 0.4) is 0 Å². The van der Waals surface area contributed by atoms with Crippen molar-refractivity contribution in [3.8, 4) is 0 Å². The average Bonchev–Trinajstić information content (AvgIpc) is 2.57. The minimum Gasteiger partial charge on any atom is -0.350 e. The zero-order valence-corrected chi connectivity index (χ0v) is 9.83. The average molecular weight is 223 g/mol. The molecule has 0 amide bonds. The molecule has 2 nitrogen and oxygen atoms in total. The van der Waals surface area contributed by atoms with Crippen molar-refractivity contribution in [2.75, 3.05) is 13.1 Å². The molecule has 0 atom stereocenters. The molecule has 0 bridgehead atoms. The molecule has 0 aliphatic heterocycles. The SMILES string of the molecule is CN(CCl)Cc1cn(C)c2ccccc12. The fraction of sp³-hybridized carbons (Fsp3) is 0.333. The van der Waals surface area contributed by atoms with Crippen LogP contribution in [0.2, 0.25) is 0 Å². The van der Waals surface area contributed by atoms with Crippen LogP contribution in [-0.4, -0.2) is 22.5 Å². The van der Waals surface area contributed by atoms with Crippen LogP contribution in [-0.2, 0) is 13.6 Å². The molecule has 1 heterocycles. The molecule has 15 heavy (non-hydrogen) atoms. The van der Waals surface area contributed by atoms with Crippen molar-refractivity contribution in [2.45, 2.75) is 6.54 Å². The van der Waals surface area contributed by atoms with Gasteiger partial charge in [0.2, 0.25) is 0 Å². The smallest absolute Gasteiger partial charge is 0.0738 e. The number of aryl methyl sites for hydroxylation is 1. The van der Waals surface area contributed by atoms with Crippen molar-refractivity contribution < 1.29 is 0 Å². The topological polar surface area (TPSA) is 8.17 Å². The second-order valence-corrected chi connectivity index (χ2v) is 4.16. The van der Waals surface area contributed by atoms with Crippen molar-refractivity contribution in [3.63, 3.8) is 0 Å². The van der Waals surface area contributed by atoms with Crippen LogP contribution in [0, 0.1) is 0 Å². The first kappa shape index (κ1) is 10.5. The zero-order chi connectivity index (χ0) is 10.8. The molecule has 0 saturated heterocycles. The fourth-order valence-corrected chi connectivity index (χ4v) is 1.97. The first-order chi connectivity index (χ1) is 7.22. The maximum absolute atomic E-state index is 5.78. The predicted molar refractivity (Wildman–Crippen MR) is 65.1 cm³/mol. The van der Waals surface area contributed by atoms with Crippen molar-refractivity contribution >= 4 is 22.5 Å². The minimum atomic E-state index is 0.559. The second kappa shape index (κ2) is 4.25. The molecular weight excluding hydrogens is 208 g/mol. The molecule has 2 rings (SSSR count). The number of rotatable bonds is 3. The quantitative estimate of drug-likeness (QED) is 0.573. The molecule has 0 aliphatic carbocycles. The van der Waals surface area contributed by atoms with E-state index < -0.39 is 0 Å². The van der Waals surface area contributed by atoms with E-state index in [0.29, 0.717) is 6.00 Å². The van der Waals surface area contributed by atoms with E-state index >= 15 is 0 Å². The molecule has 2 aromatic rings.